The fourth-order valence-electron chi connectivity index (χ4n) is 3.00. The van der Waals surface area contributed by atoms with Crippen LogP contribution in [0, 0.1) is 23.5 Å². The van der Waals surface area contributed by atoms with Gasteiger partial charge in [0.2, 0.25) is 0 Å². The number of nitrogens with zero attached hydrogens (tertiary/aromatic N) is 2. The molecule has 0 bridgehead atoms. The van der Waals surface area contributed by atoms with Gasteiger partial charge in [-0.05, 0) is 67.8 Å². The Kier molecular flexibility index (Phi) is 6.52. The molecule has 2 aromatic carbocycles. The summed E-state index contributed by atoms with van der Waals surface area (Å²) in [6.45, 7) is 3.25. The van der Waals surface area contributed by atoms with Crippen molar-refractivity contribution in [2.24, 2.45) is 0 Å². The first-order chi connectivity index (χ1) is 15.7. The number of halogens is 3. The number of nitrogens with one attached hydrogen (secondary N) is 1. The van der Waals surface area contributed by atoms with Gasteiger partial charge in [-0.1, -0.05) is 29.5 Å². The largest absolute Gasteiger partial charge is 0.378 e. The van der Waals surface area contributed by atoms with Crippen molar-refractivity contribution in [1.29, 1.82) is 0 Å². The minimum Gasteiger partial charge on any atom is -0.378 e. The molecule has 4 rings (SSSR count). The Morgan fingerprint density at radius 2 is 1.85 bits per heavy atom. The maximum absolute atomic E-state index is 13.9. The summed E-state index contributed by atoms with van der Waals surface area (Å²) in [6, 6.07) is 12.7. The topological polar surface area (TPSA) is 58.0 Å². The molecule has 0 unspecified atom stereocenters. The second-order valence-corrected chi connectivity index (χ2v) is 8.95. The standard InChI is InChI=1S/C25H18ClF2N3OS/c1-25(2,32)9-7-15-8-10-29-21-5-3-16(11-19(15)21)17-12-22(24(26)30-14-17)31-33-23-6-4-18(27)13-20(23)28/h3-6,8,10-14,31-32H,1-2H3. The van der Waals surface area contributed by atoms with Crippen LogP contribution < -0.4 is 4.72 Å². The molecule has 0 amide bonds. The van der Waals surface area contributed by atoms with E-state index in [9.17, 15) is 13.9 Å². The van der Waals surface area contributed by atoms with E-state index in [4.69, 9.17) is 11.6 Å². The summed E-state index contributed by atoms with van der Waals surface area (Å²) in [5, 5.41) is 11.0. The predicted molar refractivity (Wildman–Crippen MR) is 129 cm³/mol. The van der Waals surface area contributed by atoms with E-state index in [-0.39, 0.29) is 10.0 Å². The van der Waals surface area contributed by atoms with Crippen molar-refractivity contribution in [3.63, 3.8) is 0 Å². The van der Waals surface area contributed by atoms with E-state index < -0.39 is 17.2 Å². The Balaban J connectivity index is 1.67. The normalized spacial score (nSPS) is 11.2. The van der Waals surface area contributed by atoms with Gasteiger partial charge in [-0.3, -0.25) is 4.98 Å². The highest BCUT2D eigenvalue weighted by Crippen LogP contribution is 2.32. The Labute approximate surface area is 199 Å². The van der Waals surface area contributed by atoms with Gasteiger partial charge in [0.1, 0.15) is 17.2 Å². The van der Waals surface area contributed by atoms with Gasteiger partial charge in [0, 0.05) is 35.0 Å². The molecule has 2 heterocycles. The van der Waals surface area contributed by atoms with Crippen molar-refractivity contribution in [3.8, 4) is 23.0 Å². The average Bonchev–Trinajstić information content (AvgIpc) is 2.77. The summed E-state index contributed by atoms with van der Waals surface area (Å²) in [5.41, 5.74) is 2.50. The molecule has 0 saturated carbocycles. The lowest BCUT2D eigenvalue weighted by Gasteiger charge is -2.11. The van der Waals surface area contributed by atoms with Gasteiger partial charge >= 0.3 is 0 Å². The summed E-state index contributed by atoms with van der Waals surface area (Å²) in [7, 11) is 0. The summed E-state index contributed by atoms with van der Waals surface area (Å²) in [5.74, 6) is 4.53. The first-order valence-electron chi connectivity index (χ1n) is 9.88. The Morgan fingerprint density at radius 1 is 1.03 bits per heavy atom. The molecule has 2 aromatic heterocycles. The number of hydrogen-bond donors (Lipinski definition) is 2. The number of rotatable bonds is 4. The van der Waals surface area contributed by atoms with Crippen LogP contribution in [-0.2, 0) is 0 Å². The van der Waals surface area contributed by atoms with E-state index in [1.165, 1.54) is 12.1 Å². The zero-order chi connectivity index (χ0) is 23.6. The molecule has 0 saturated heterocycles. The second-order valence-electron chi connectivity index (χ2n) is 7.74. The first kappa shape index (κ1) is 23.0. The Hall–Kier alpha value is -3.18. The minimum atomic E-state index is -1.12. The van der Waals surface area contributed by atoms with Crippen LogP contribution in [0.5, 0.6) is 0 Å². The molecule has 0 aliphatic carbocycles. The van der Waals surface area contributed by atoms with Crippen LogP contribution in [0.2, 0.25) is 5.15 Å². The fraction of sp³-hybridized carbons (Fsp3) is 0.120. The van der Waals surface area contributed by atoms with Crippen LogP contribution >= 0.6 is 23.5 Å². The highest BCUT2D eigenvalue weighted by molar-refractivity contribution is 8.00. The molecule has 0 aliphatic rings. The smallest absolute Gasteiger partial charge is 0.152 e. The average molecular weight is 482 g/mol. The molecular formula is C25H18ClF2N3OS. The second kappa shape index (κ2) is 9.36. The van der Waals surface area contributed by atoms with E-state index in [1.807, 2.05) is 18.2 Å². The number of benzene rings is 2. The molecule has 166 valence electrons. The zero-order valence-electron chi connectivity index (χ0n) is 17.7. The monoisotopic (exact) mass is 481 g/mol. The van der Waals surface area contributed by atoms with Gasteiger partial charge in [0.05, 0.1) is 16.1 Å². The molecule has 4 nitrogen and oxygen atoms in total. The molecule has 4 aromatic rings. The van der Waals surface area contributed by atoms with E-state index in [1.54, 1.807) is 38.4 Å². The number of hydrogen-bond acceptors (Lipinski definition) is 5. The van der Waals surface area contributed by atoms with E-state index in [0.29, 0.717) is 5.69 Å². The minimum absolute atomic E-state index is 0.216. The van der Waals surface area contributed by atoms with Crippen molar-refractivity contribution in [1.82, 2.24) is 9.97 Å². The van der Waals surface area contributed by atoms with Crippen molar-refractivity contribution in [2.75, 3.05) is 4.72 Å². The van der Waals surface area contributed by atoms with Crippen molar-refractivity contribution in [2.45, 2.75) is 24.3 Å². The number of fused-ring (bicyclic) bond motifs is 1. The maximum atomic E-state index is 13.9. The molecule has 0 spiro atoms. The van der Waals surface area contributed by atoms with Crippen LogP contribution in [0.15, 0.2) is 65.8 Å². The predicted octanol–water partition coefficient (Wildman–Crippen LogP) is 6.47. The summed E-state index contributed by atoms with van der Waals surface area (Å²) < 4.78 is 30.1. The zero-order valence-corrected chi connectivity index (χ0v) is 19.2. The lowest BCUT2D eigenvalue weighted by molar-refractivity contribution is 0.143. The molecule has 0 radical (unpaired) electrons. The summed E-state index contributed by atoms with van der Waals surface area (Å²) >= 11 is 7.20. The quantitative estimate of drug-likeness (QED) is 0.199. The maximum Gasteiger partial charge on any atom is 0.152 e. The highest BCUT2D eigenvalue weighted by atomic mass is 35.5. The first-order valence-corrected chi connectivity index (χ1v) is 11.1. The van der Waals surface area contributed by atoms with Crippen molar-refractivity contribution >= 4 is 40.1 Å². The molecule has 0 fully saturated rings. The van der Waals surface area contributed by atoms with Crippen LogP contribution in [-0.4, -0.2) is 20.7 Å². The summed E-state index contributed by atoms with van der Waals surface area (Å²) in [4.78, 5) is 8.85. The van der Waals surface area contributed by atoms with Gasteiger partial charge in [-0.15, -0.1) is 0 Å². The molecular weight excluding hydrogens is 464 g/mol. The van der Waals surface area contributed by atoms with Gasteiger partial charge < -0.3 is 9.83 Å². The molecule has 0 aliphatic heterocycles. The van der Waals surface area contributed by atoms with Crippen LogP contribution in [0.1, 0.15) is 19.4 Å². The third kappa shape index (κ3) is 5.60. The van der Waals surface area contributed by atoms with E-state index >= 15 is 0 Å². The van der Waals surface area contributed by atoms with Gasteiger partial charge in [-0.2, -0.15) is 0 Å². The Bertz CT molecular complexity index is 1410. The van der Waals surface area contributed by atoms with Crippen LogP contribution in [0.25, 0.3) is 22.0 Å². The SMILES string of the molecule is CC(C)(O)C#Cc1ccnc2ccc(-c3cnc(Cl)c(NSc4ccc(F)cc4F)c3)cc12. The van der Waals surface area contributed by atoms with Gasteiger partial charge in [-0.25, -0.2) is 13.8 Å². The van der Waals surface area contributed by atoms with E-state index in [2.05, 4.69) is 26.5 Å². The van der Waals surface area contributed by atoms with Crippen LogP contribution in [0.4, 0.5) is 14.5 Å². The lowest BCUT2D eigenvalue weighted by Crippen LogP contribution is -2.14. The lowest BCUT2D eigenvalue weighted by atomic mass is 10.0. The van der Waals surface area contributed by atoms with Crippen LogP contribution in [0.3, 0.4) is 0 Å². The van der Waals surface area contributed by atoms with Crippen molar-refractivity contribution < 1.29 is 13.9 Å². The molecule has 2 N–H and O–H groups in total. The summed E-state index contributed by atoms with van der Waals surface area (Å²) in [6.07, 6.45) is 3.31. The number of pyridine rings is 2. The number of anilines is 1. The Morgan fingerprint density at radius 3 is 2.61 bits per heavy atom. The third-order valence-corrected chi connectivity index (χ3v) is 5.76. The van der Waals surface area contributed by atoms with Crippen molar-refractivity contribution in [3.05, 3.63) is 83.3 Å². The van der Waals surface area contributed by atoms with Gasteiger partial charge in [0.15, 0.2) is 5.15 Å². The number of aromatic nitrogens is 2. The molecule has 8 heteroatoms. The fourth-order valence-corrected chi connectivity index (χ4v) is 3.88. The molecule has 33 heavy (non-hydrogen) atoms. The van der Waals surface area contributed by atoms with E-state index in [0.717, 1.165) is 45.6 Å². The van der Waals surface area contributed by atoms with Gasteiger partial charge in [0.25, 0.3) is 0 Å². The highest BCUT2D eigenvalue weighted by Gasteiger charge is 2.11. The third-order valence-electron chi connectivity index (χ3n) is 4.58. The number of aliphatic hydroxyl groups is 1. The molecule has 0 atom stereocenters.